The molecule has 0 aliphatic carbocycles. The van der Waals surface area contributed by atoms with E-state index in [9.17, 15) is 4.79 Å². The molecule has 0 radical (unpaired) electrons. The van der Waals surface area contributed by atoms with Gasteiger partial charge in [0.05, 0.1) is 6.10 Å². The van der Waals surface area contributed by atoms with Gasteiger partial charge in [0, 0.05) is 13.0 Å². The number of hydrogen-bond donors (Lipinski definition) is 2. The van der Waals surface area contributed by atoms with Crippen LogP contribution in [0.25, 0.3) is 0 Å². The Bertz CT molecular complexity index is 331. The zero-order valence-corrected chi connectivity index (χ0v) is 9.82. The molecule has 1 unspecified atom stereocenters. The number of nitrogens with one attached hydrogen (secondary N) is 1. The van der Waals surface area contributed by atoms with E-state index in [-0.39, 0.29) is 12.0 Å². The second-order valence-electron chi connectivity index (χ2n) is 3.87. The molecule has 1 aromatic heterocycles. The summed E-state index contributed by atoms with van der Waals surface area (Å²) in [5, 5.41) is 11.8. The van der Waals surface area contributed by atoms with Crippen molar-refractivity contribution in [1.82, 2.24) is 5.32 Å². The van der Waals surface area contributed by atoms with Crippen LogP contribution in [0.3, 0.4) is 0 Å². The maximum atomic E-state index is 11.6. The molecule has 1 amide bonds. The standard InChI is InChI=1S/C12H19NO3/c1-3-10-6-7-11(16-10)12(15)13-8-4-5-9(2)14/h6-7,9,14H,3-5,8H2,1-2H3,(H,13,15). The fourth-order valence-electron chi connectivity index (χ4n) is 1.38. The van der Waals surface area contributed by atoms with Crippen molar-refractivity contribution in [3.8, 4) is 0 Å². The fraction of sp³-hybridized carbons (Fsp3) is 0.583. The predicted octanol–water partition coefficient (Wildman–Crippen LogP) is 1.73. The molecule has 1 aromatic rings. The second-order valence-corrected chi connectivity index (χ2v) is 3.87. The van der Waals surface area contributed by atoms with Gasteiger partial charge in [0.25, 0.3) is 5.91 Å². The minimum atomic E-state index is -0.313. The molecular weight excluding hydrogens is 206 g/mol. The molecule has 1 heterocycles. The lowest BCUT2D eigenvalue weighted by molar-refractivity contribution is 0.0920. The van der Waals surface area contributed by atoms with Crippen molar-refractivity contribution in [2.75, 3.05) is 6.54 Å². The van der Waals surface area contributed by atoms with Crippen molar-refractivity contribution in [3.63, 3.8) is 0 Å². The van der Waals surface area contributed by atoms with Crippen molar-refractivity contribution in [1.29, 1.82) is 0 Å². The SMILES string of the molecule is CCc1ccc(C(=O)NCCCC(C)O)o1. The molecule has 0 aliphatic rings. The predicted molar refractivity (Wildman–Crippen MR) is 61.3 cm³/mol. The maximum absolute atomic E-state index is 11.6. The van der Waals surface area contributed by atoms with Crippen LogP contribution in [0.1, 0.15) is 43.0 Å². The Morgan fingerprint density at radius 1 is 1.56 bits per heavy atom. The van der Waals surface area contributed by atoms with Crippen LogP contribution < -0.4 is 5.32 Å². The third kappa shape index (κ3) is 4.06. The molecule has 0 fully saturated rings. The topological polar surface area (TPSA) is 62.5 Å². The lowest BCUT2D eigenvalue weighted by atomic mass is 10.2. The largest absolute Gasteiger partial charge is 0.456 e. The number of carbonyl (C=O) groups excluding carboxylic acids is 1. The minimum Gasteiger partial charge on any atom is -0.456 e. The molecule has 2 N–H and O–H groups in total. The van der Waals surface area contributed by atoms with Crippen LogP contribution >= 0.6 is 0 Å². The van der Waals surface area contributed by atoms with Crippen molar-refractivity contribution in [2.45, 2.75) is 39.2 Å². The summed E-state index contributed by atoms with van der Waals surface area (Å²) in [6, 6.07) is 3.49. The van der Waals surface area contributed by atoms with Gasteiger partial charge in [-0.3, -0.25) is 4.79 Å². The van der Waals surface area contributed by atoms with Gasteiger partial charge >= 0.3 is 0 Å². The van der Waals surface area contributed by atoms with Gasteiger partial charge in [-0.1, -0.05) is 6.92 Å². The van der Waals surface area contributed by atoms with Gasteiger partial charge in [-0.25, -0.2) is 0 Å². The molecule has 16 heavy (non-hydrogen) atoms. The Kier molecular flexibility index (Phi) is 5.05. The number of aliphatic hydroxyl groups excluding tert-OH is 1. The molecule has 0 saturated heterocycles. The molecule has 90 valence electrons. The number of amides is 1. The van der Waals surface area contributed by atoms with Crippen molar-refractivity contribution < 1.29 is 14.3 Å². The summed E-state index contributed by atoms with van der Waals surface area (Å²) in [5.74, 6) is 0.980. The van der Waals surface area contributed by atoms with Crippen LogP contribution in [0.15, 0.2) is 16.5 Å². The zero-order chi connectivity index (χ0) is 12.0. The molecule has 0 bridgehead atoms. The first-order valence-electron chi connectivity index (χ1n) is 5.68. The van der Waals surface area contributed by atoms with E-state index in [2.05, 4.69) is 5.32 Å². The third-order valence-corrected chi connectivity index (χ3v) is 2.32. The molecule has 4 nitrogen and oxygen atoms in total. The van der Waals surface area contributed by atoms with Crippen molar-refractivity contribution in [2.24, 2.45) is 0 Å². The number of rotatable bonds is 6. The van der Waals surface area contributed by atoms with Crippen LogP contribution in [-0.2, 0) is 6.42 Å². The highest BCUT2D eigenvalue weighted by Gasteiger charge is 2.09. The van der Waals surface area contributed by atoms with Crippen LogP contribution in [0.4, 0.5) is 0 Å². The number of hydrogen-bond acceptors (Lipinski definition) is 3. The van der Waals surface area contributed by atoms with Gasteiger partial charge < -0.3 is 14.8 Å². The van der Waals surface area contributed by atoms with E-state index in [1.54, 1.807) is 13.0 Å². The Hall–Kier alpha value is -1.29. The van der Waals surface area contributed by atoms with E-state index in [0.29, 0.717) is 18.7 Å². The van der Waals surface area contributed by atoms with Gasteiger partial charge in [-0.05, 0) is 31.9 Å². The smallest absolute Gasteiger partial charge is 0.286 e. The van der Waals surface area contributed by atoms with Gasteiger partial charge in [-0.15, -0.1) is 0 Å². The average Bonchev–Trinajstić information content (AvgIpc) is 2.72. The highest BCUT2D eigenvalue weighted by molar-refractivity contribution is 5.91. The number of carbonyl (C=O) groups is 1. The second kappa shape index (κ2) is 6.33. The summed E-state index contributed by atoms with van der Waals surface area (Å²) in [5.41, 5.74) is 0. The van der Waals surface area contributed by atoms with Crippen LogP contribution in [-0.4, -0.2) is 23.7 Å². The first kappa shape index (κ1) is 12.8. The van der Waals surface area contributed by atoms with E-state index in [0.717, 1.165) is 18.6 Å². The highest BCUT2D eigenvalue weighted by atomic mass is 16.3. The first-order chi connectivity index (χ1) is 7.63. The van der Waals surface area contributed by atoms with Gasteiger partial charge in [0.15, 0.2) is 5.76 Å². The molecule has 0 spiro atoms. The summed E-state index contributed by atoms with van der Waals surface area (Å²) in [6.45, 7) is 4.27. The minimum absolute atomic E-state index is 0.190. The summed E-state index contributed by atoms with van der Waals surface area (Å²) < 4.78 is 5.31. The van der Waals surface area contributed by atoms with Crippen LogP contribution in [0.2, 0.25) is 0 Å². The van der Waals surface area contributed by atoms with E-state index >= 15 is 0 Å². The summed E-state index contributed by atoms with van der Waals surface area (Å²) in [7, 11) is 0. The van der Waals surface area contributed by atoms with Crippen LogP contribution in [0, 0.1) is 0 Å². The first-order valence-corrected chi connectivity index (χ1v) is 5.68. The normalized spacial score (nSPS) is 12.4. The van der Waals surface area contributed by atoms with Gasteiger partial charge in [0.1, 0.15) is 5.76 Å². The van der Waals surface area contributed by atoms with E-state index in [1.165, 1.54) is 0 Å². The van der Waals surface area contributed by atoms with Crippen LogP contribution in [0.5, 0.6) is 0 Å². The zero-order valence-electron chi connectivity index (χ0n) is 9.82. The van der Waals surface area contributed by atoms with E-state index < -0.39 is 0 Å². The highest BCUT2D eigenvalue weighted by Crippen LogP contribution is 2.08. The summed E-state index contributed by atoms with van der Waals surface area (Å²) in [6.07, 6.45) is 1.94. The molecule has 0 aromatic carbocycles. The summed E-state index contributed by atoms with van der Waals surface area (Å²) in [4.78, 5) is 11.6. The lowest BCUT2D eigenvalue weighted by Gasteiger charge is -2.04. The fourth-order valence-corrected chi connectivity index (χ4v) is 1.38. The average molecular weight is 225 g/mol. The quantitative estimate of drug-likeness (QED) is 0.725. The maximum Gasteiger partial charge on any atom is 0.286 e. The molecule has 1 atom stereocenters. The Labute approximate surface area is 95.7 Å². The number of aryl methyl sites for hydroxylation is 1. The van der Waals surface area contributed by atoms with Crippen molar-refractivity contribution >= 4 is 5.91 Å². The Balaban J connectivity index is 2.29. The molecule has 4 heteroatoms. The third-order valence-electron chi connectivity index (χ3n) is 2.32. The number of furan rings is 1. The lowest BCUT2D eigenvalue weighted by Crippen LogP contribution is -2.24. The monoisotopic (exact) mass is 225 g/mol. The van der Waals surface area contributed by atoms with E-state index in [4.69, 9.17) is 9.52 Å². The number of aliphatic hydroxyl groups is 1. The Morgan fingerprint density at radius 2 is 2.31 bits per heavy atom. The Morgan fingerprint density at radius 3 is 2.88 bits per heavy atom. The van der Waals surface area contributed by atoms with Gasteiger partial charge in [-0.2, -0.15) is 0 Å². The van der Waals surface area contributed by atoms with Crippen molar-refractivity contribution in [3.05, 3.63) is 23.7 Å². The van der Waals surface area contributed by atoms with E-state index in [1.807, 2.05) is 13.0 Å². The molecule has 0 aliphatic heterocycles. The molecule has 1 rings (SSSR count). The molecule has 0 saturated carbocycles. The summed E-state index contributed by atoms with van der Waals surface area (Å²) >= 11 is 0. The molecular formula is C12H19NO3. The van der Waals surface area contributed by atoms with Gasteiger partial charge in [0.2, 0.25) is 0 Å².